The van der Waals surface area contributed by atoms with Crippen LogP contribution < -0.4 is 5.43 Å². The maximum absolute atomic E-state index is 13.3. The molecule has 0 saturated heterocycles. The molecule has 0 saturated carbocycles. The molecule has 0 radical (unpaired) electrons. The Labute approximate surface area is 144 Å². The SMILES string of the molecule is C/C(=N\NC(=O)c1cc2c(s1)CC[C@@H](C)C2)c1cc(F)ccc1O. The number of carbonyl (C=O) groups excluding carboxylic acids is 1. The largest absolute Gasteiger partial charge is 0.507 e. The fraction of sp³-hybridized carbons (Fsp3) is 0.333. The number of hydrogen-bond acceptors (Lipinski definition) is 4. The molecule has 0 unspecified atom stereocenters. The second kappa shape index (κ2) is 6.73. The summed E-state index contributed by atoms with van der Waals surface area (Å²) in [5.41, 5.74) is 4.35. The maximum Gasteiger partial charge on any atom is 0.281 e. The number of carbonyl (C=O) groups is 1. The van der Waals surface area contributed by atoms with Gasteiger partial charge in [-0.15, -0.1) is 11.3 Å². The second-order valence-corrected chi connectivity index (χ2v) is 7.34. The smallest absolute Gasteiger partial charge is 0.281 e. The molecule has 0 spiro atoms. The molecule has 1 atom stereocenters. The number of aryl methyl sites for hydroxylation is 1. The van der Waals surface area contributed by atoms with Gasteiger partial charge in [0.1, 0.15) is 11.6 Å². The first kappa shape index (κ1) is 16.6. The minimum Gasteiger partial charge on any atom is -0.507 e. The molecule has 1 heterocycles. The second-order valence-electron chi connectivity index (χ2n) is 6.21. The van der Waals surface area contributed by atoms with E-state index in [2.05, 4.69) is 17.5 Å². The molecular weight excluding hydrogens is 327 g/mol. The van der Waals surface area contributed by atoms with Crippen molar-refractivity contribution in [1.29, 1.82) is 0 Å². The van der Waals surface area contributed by atoms with Crippen LogP contribution in [0.25, 0.3) is 0 Å². The summed E-state index contributed by atoms with van der Waals surface area (Å²) in [4.78, 5) is 14.2. The van der Waals surface area contributed by atoms with Crippen LogP contribution >= 0.6 is 11.3 Å². The number of fused-ring (bicyclic) bond motifs is 1. The fourth-order valence-corrected chi connectivity index (χ4v) is 3.96. The van der Waals surface area contributed by atoms with E-state index in [0.717, 1.165) is 19.3 Å². The van der Waals surface area contributed by atoms with Crippen molar-refractivity contribution >= 4 is 23.0 Å². The lowest BCUT2D eigenvalue weighted by atomic mass is 9.90. The normalized spacial score (nSPS) is 17.5. The Morgan fingerprint density at radius 1 is 1.42 bits per heavy atom. The average Bonchev–Trinajstić information content (AvgIpc) is 2.97. The van der Waals surface area contributed by atoms with Crippen LogP contribution in [0.4, 0.5) is 4.39 Å². The highest BCUT2D eigenvalue weighted by Gasteiger charge is 2.20. The van der Waals surface area contributed by atoms with Crippen molar-refractivity contribution in [3.8, 4) is 5.75 Å². The van der Waals surface area contributed by atoms with Gasteiger partial charge in [-0.25, -0.2) is 9.82 Å². The van der Waals surface area contributed by atoms with E-state index >= 15 is 0 Å². The molecular formula is C18H19FN2O2S. The highest BCUT2D eigenvalue weighted by atomic mass is 32.1. The number of thiophene rings is 1. The van der Waals surface area contributed by atoms with Crippen molar-refractivity contribution in [2.45, 2.75) is 33.1 Å². The third-order valence-corrected chi connectivity index (χ3v) is 5.46. The summed E-state index contributed by atoms with van der Waals surface area (Å²) in [6.07, 6.45) is 3.19. The number of nitrogens with zero attached hydrogens (tertiary/aromatic N) is 1. The standard InChI is InChI=1S/C18H19FN2O2S/c1-10-3-6-16-12(7-10)8-17(24-16)18(23)21-20-11(2)14-9-13(19)4-5-15(14)22/h4-5,8-10,22H,3,6-7H2,1-2H3,(H,21,23)/b20-11+/t10-/m1/s1. The summed E-state index contributed by atoms with van der Waals surface area (Å²) >= 11 is 1.51. The van der Waals surface area contributed by atoms with Gasteiger partial charge in [0.15, 0.2) is 0 Å². The number of amides is 1. The maximum atomic E-state index is 13.3. The molecule has 24 heavy (non-hydrogen) atoms. The zero-order chi connectivity index (χ0) is 17.3. The van der Waals surface area contributed by atoms with Gasteiger partial charge in [0.2, 0.25) is 0 Å². The summed E-state index contributed by atoms with van der Waals surface area (Å²) in [5.74, 6) is -0.173. The highest BCUT2D eigenvalue weighted by Crippen LogP contribution is 2.32. The minimum atomic E-state index is -0.469. The van der Waals surface area contributed by atoms with Crippen LogP contribution in [0, 0.1) is 11.7 Å². The van der Waals surface area contributed by atoms with Gasteiger partial charge in [0.25, 0.3) is 5.91 Å². The first-order valence-corrected chi connectivity index (χ1v) is 8.71. The molecule has 0 fully saturated rings. The zero-order valence-corrected chi connectivity index (χ0v) is 14.4. The van der Waals surface area contributed by atoms with Crippen molar-refractivity contribution in [3.63, 3.8) is 0 Å². The Balaban J connectivity index is 1.74. The predicted molar refractivity (Wildman–Crippen MR) is 93.3 cm³/mol. The molecule has 4 nitrogen and oxygen atoms in total. The quantitative estimate of drug-likeness (QED) is 0.655. The lowest BCUT2D eigenvalue weighted by Gasteiger charge is -2.16. The van der Waals surface area contributed by atoms with Crippen molar-refractivity contribution in [3.05, 3.63) is 51.0 Å². The first-order chi connectivity index (χ1) is 11.4. The van der Waals surface area contributed by atoms with Gasteiger partial charge in [-0.1, -0.05) is 6.92 Å². The molecule has 2 N–H and O–H groups in total. The number of hydrogen-bond donors (Lipinski definition) is 2. The van der Waals surface area contributed by atoms with Crippen molar-refractivity contribution < 1.29 is 14.3 Å². The van der Waals surface area contributed by atoms with Gasteiger partial charge in [-0.05, 0) is 61.9 Å². The number of rotatable bonds is 3. The molecule has 1 amide bonds. The molecule has 1 aromatic carbocycles. The number of aromatic hydroxyl groups is 1. The third-order valence-electron chi connectivity index (χ3n) is 4.23. The predicted octanol–water partition coefficient (Wildman–Crippen LogP) is 3.87. The summed E-state index contributed by atoms with van der Waals surface area (Å²) < 4.78 is 13.3. The van der Waals surface area contributed by atoms with Crippen molar-refractivity contribution in [1.82, 2.24) is 5.43 Å². The van der Waals surface area contributed by atoms with Gasteiger partial charge in [-0.2, -0.15) is 5.10 Å². The Kier molecular flexibility index (Phi) is 4.66. The summed E-state index contributed by atoms with van der Waals surface area (Å²) in [5, 5.41) is 13.8. The van der Waals surface area contributed by atoms with E-state index in [1.54, 1.807) is 6.92 Å². The molecule has 3 rings (SSSR count). The molecule has 1 aliphatic carbocycles. The van der Waals surface area contributed by atoms with Crippen molar-refractivity contribution in [2.75, 3.05) is 0 Å². The Morgan fingerprint density at radius 3 is 3.00 bits per heavy atom. The van der Waals surface area contributed by atoms with Gasteiger partial charge in [-0.3, -0.25) is 4.79 Å². The van der Waals surface area contributed by atoms with E-state index < -0.39 is 5.82 Å². The van der Waals surface area contributed by atoms with Gasteiger partial charge in [0.05, 0.1) is 10.6 Å². The number of phenolic OH excluding ortho intramolecular Hbond substituents is 1. The van der Waals surface area contributed by atoms with E-state index in [-0.39, 0.29) is 17.2 Å². The molecule has 0 aliphatic heterocycles. The van der Waals surface area contributed by atoms with Crippen LogP contribution in [0.2, 0.25) is 0 Å². The Hall–Kier alpha value is -2.21. The molecule has 0 bridgehead atoms. The number of hydrazone groups is 1. The Morgan fingerprint density at radius 2 is 2.21 bits per heavy atom. The number of phenols is 1. The van der Waals surface area contributed by atoms with E-state index in [9.17, 15) is 14.3 Å². The van der Waals surface area contributed by atoms with E-state index in [4.69, 9.17) is 0 Å². The zero-order valence-electron chi connectivity index (χ0n) is 13.6. The number of halogens is 1. The summed E-state index contributed by atoms with van der Waals surface area (Å²) in [6, 6.07) is 5.56. The van der Waals surface area contributed by atoms with Crippen LogP contribution in [-0.2, 0) is 12.8 Å². The fourth-order valence-electron chi connectivity index (χ4n) is 2.87. The first-order valence-electron chi connectivity index (χ1n) is 7.89. The Bertz CT molecular complexity index is 813. The molecule has 126 valence electrons. The number of nitrogens with one attached hydrogen (secondary N) is 1. The molecule has 1 aliphatic rings. The van der Waals surface area contributed by atoms with Crippen LogP contribution in [0.3, 0.4) is 0 Å². The van der Waals surface area contributed by atoms with Crippen LogP contribution in [0.5, 0.6) is 5.75 Å². The topological polar surface area (TPSA) is 61.7 Å². The lowest BCUT2D eigenvalue weighted by Crippen LogP contribution is -2.18. The monoisotopic (exact) mass is 346 g/mol. The minimum absolute atomic E-state index is 0.0764. The van der Waals surface area contributed by atoms with Gasteiger partial charge >= 0.3 is 0 Å². The average molecular weight is 346 g/mol. The highest BCUT2D eigenvalue weighted by molar-refractivity contribution is 7.14. The van der Waals surface area contributed by atoms with E-state index in [1.165, 1.54) is 40.0 Å². The molecule has 6 heteroatoms. The van der Waals surface area contributed by atoms with Crippen LogP contribution in [0.1, 0.15) is 45.9 Å². The van der Waals surface area contributed by atoms with Crippen LogP contribution in [-0.4, -0.2) is 16.7 Å². The van der Waals surface area contributed by atoms with Gasteiger partial charge < -0.3 is 5.11 Å². The van der Waals surface area contributed by atoms with E-state index in [1.807, 2.05) is 6.07 Å². The van der Waals surface area contributed by atoms with Gasteiger partial charge in [0, 0.05) is 10.4 Å². The third kappa shape index (κ3) is 3.48. The van der Waals surface area contributed by atoms with Crippen molar-refractivity contribution in [2.24, 2.45) is 11.0 Å². The van der Waals surface area contributed by atoms with Crippen LogP contribution in [0.15, 0.2) is 29.4 Å². The lowest BCUT2D eigenvalue weighted by molar-refractivity contribution is 0.0958. The summed E-state index contributed by atoms with van der Waals surface area (Å²) in [7, 11) is 0. The summed E-state index contributed by atoms with van der Waals surface area (Å²) in [6.45, 7) is 3.83. The van der Waals surface area contributed by atoms with E-state index in [0.29, 0.717) is 16.5 Å². The molecule has 1 aromatic heterocycles. The molecule has 2 aromatic rings. The number of benzene rings is 1.